The van der Waals surface area contributed by atoms with Gasteiger partial charge in [-0.1, -0.05) is 341 Å². The number of hydrogen-bond donors (Lipinski definition) is 2. The maximum absolute atomic E-state index is 13.0. The highest BCUT2D eigenvalue weighted by Crippen LogP contribution is 2.38. The molecule has 0 heterocycles. The van der Waals surface area contributed by atoms with Crippen molar-refractivity contribution in [1.29, 1.82) is 0 Å². The molecule has 444 valence electrons. The number of quaternary nitrogens is 1. The molecular weight excluding hydrogens is 936 g/mol. The highest BCUT2D eigenvalue weighted by molar-refractivity contribution is 7.45. The summed E-state index contributed by atoms with van der Waals surface area (Å²) in [6.07, 6.45) is 70.2. The lowest BCUT2D eigenvalue weighted by molar-refractivity contribution is -0.870. The Bertz CT molecular complexity index is 1170. The van der Waals surface area contributed by atoms with Crippen molar-refractivity contribution in [2.75, 3.05) is 40.9 Å². The van der Waals surface area contributed by atoms with Gasteiger partial charge in [0.05, 0.1) is 39.9 Å². The van der Waals surface area contributed by atoms with Gasteiger partial charge in [0.25, 0.3) is 7.82 Å². The van der Waals surface area contributed by atoms with Crippen LogP contribution in [0.2, 0.25) is 0 Å². The van der Waals surface area contributed by atoms with E-state index in [2.05, 4.69) is 19.2 Å². The summed E-state index contributed by atoms with van der Waals surface area (Å²) in [5.74, 6) is -0.154. The van der Waals surface area contributed by atoms with Crippen LogP contribution in [0.4, 0.5) is 0 Å². The second kappa shape index (κ2) is 57.2. The van der Waals surface area contributed by atoms with Crippen LogP contribution in [0.25, 0.3) is 0 Å². The maximum atomic E-state index is 13.0. The Kier molecular flexibility index (Phi) is 56.8. The predicted octanol–water partition coefficient (Wildman–Crippen LogP) is 20.1. The van der Waals surface area contributed by atoms with Crippen molar-refractivity contribution >= 4 is 13.7 Å². The van der Waals surface area contributed by atoms with Crippen LogP contribution in [0.3, 0.4) is 0 Å². The van der Waals surface area contributed by atoms with Crippen LogP contribution in [0, 0.1) is 0 Å². The van der Waals surface area contributed by atoms with Crippen molar-refractivity contribution in [3.05, 3.63) is 0 Å². The van der Waals surface area contributed by atoms with E-state index < -0.39 is 20.0 Å². The minimum absolute atomic E-state index is 0.0169. The summed E-state index contributed by atoms with van der Waals surface area (Å²) in [6.45, 7) is 4.80. The smallest absolute Gasteiger partial charge is 0.268 e. The third-order valence-electron chi connectivity index (χ3n) is 15.8. The van der Waals surface area contributed by atoms with Crippen LogP contribution < -0.4 is 10.2 Å². The van der Waals surface area contributed by atoms with Gasteiger partial charge in [0.2, 0.25) is 5.91 Å². The molecule has 0 spiro atoms. The van der Waals surface area contributed by atoms with Crippen LogP contribution in [-0.2, 0) is 18.4 Å². The molecule has 9 heteroatoms. The lowest BCUT2D eigenvalue weighted by atomic mass is 10.0. The number of carbonyl (C=O) groups excluding carboxylic acids is 1. The quantitative estimate of drug-likeness (QED) is 0.0357. The van der Waals surface area contributed by atoms with Crippen LogP contribution in [-0.4, -0.2) is 68.5 Å². The lowest BCUT2D eigenvalue weighted by Gasteiger charge is -2.30. The molecule has 1 amide bonds. The topological polar surface area (TPSA) is 108 Å². The lowest BCUT2D eigenvalue weighted by Crippen LogP contribution is -2.46. The molecule has 0 aliphatic heterocycles. The molecule has 8 nitrogen and oxygen atoms in total. The van der Waals surface area contributed by atoms with E-state index in [9.17, 15) is 19.4 Å². The van der Waals surface area contributed by atoms with Crippen LogP contribution >= 0.6 is 7.82 Å². The summed E-state index contributed by atoms with van der Waals surface area (Å²) in [5, 5.41) is 14.1. The van der Waals surface area contributed by atoms with E-state index in [1.165, 1.54) is 295 Å². The third kappa shape index (κ3) is 59.2. The number of unbranched alkanes of at least 4 members (excludes halogenated alkanes) is 50. The van der Waals surface area contributed by atoms with E-state index in [0.717, 1.165) is 38.5 Å². The number of phosphoric acid groups is 1. The number of nitrogens with zero attached hydrogens (tertiary/aromatic N) is 1. The first-order chi connectivity index (χ1) is 36.0. The van der Waals surface area contributed by atoms with Gasteiger partial charge in [0, 0.05) is 6.42 Å². The number of phosphoric ester groups is 1. The van der Waals surface area contributed by atoms with Gasteiger partial charge in [-0.3, -0.25) is 9.36 Å². The number of rotatable bonds is 63. The molecule has 0 saturated heterocycles. The van der Waals surface area contributed by atoms with Gasteiger partial charge in [0.15, 0.2) is 0 Å². The zero-order chi connectivity index (χ0) is 54.2. The molecule has 3 atom stereocenters. The number of nitrogens with one attached hydrogen (secondary N) is 1. The zero-order valence-corrected chi connectivity index (χ0v) is 51.7. The molecule has 0 saturated carbocycles. The van der Waals surface area contributed by atoms with Gasteiger partial charge in [0.1, 0.15) is 13.2 Å². The average molecular weight is 1070 g/mol. The van der Waals surface area contributed by atoms with Crippen molar-refractivity contribution in [3.8, 4) is 0 Å². The average Bonchev–Trinajstić information content (AvgIpc) is 3.36. The Labute approximate surface area is 463 Å². The summed E-state index contributed by atoms with van der Waals surface area (Å²) in [6, 6.07) is -0.796. The summed E-state index contributed by atoms with van der Waals surface area (Å²) in [5.41, 5.74) is 0. The Balaban J connectivity index is 4.02. The van der Waals surface area contributed by atoms with E-state index in [4.69, 9.17) is 9.05 Å². The van der Waals surface area contributed by atoms with Crippen molar-refractivity contribution in [3.63, 3.8) is 0 Å². The highest BCUT2D eigenvalue weighted by Gasteiger charge is 2.24. The molecule has 0 fully saturated rings. The van der Waals surface area contributed by atoms with Gasteiger partial charge in [-0.25, -0.2) is 0 Å². The van der Waals surface area contributed by atoms with Crippen LogP contribution in [0.1, 0.15) is 361 Å². The zero-order valence-electron chi connectivity index (χ0n) is 50.8. The number of aliphatic hydroxyl groups excluding tert-OH is 1. The Morgan fingerprint density at radius 3 is 0.919 bits per heavy atom. The maximum Gasteiger partial charge on any atom is 0.268 e. The molecule has 0 radical (unpaired) electrons. The second-order valence-electron chi connectivity index (χ2n) is 24.5. The molecule has 0 rings (SSSR count). The van der Waals surface area contributed by atoms with Crippen molar-refractivity contribution in [2.24, 2.45) is 0 Å². The standard InChI is InChI=1S/C65H133N2O6P/c1-6-8-10-12-14-16-18-20-22-24-26-28-30-31-32-33-34-35-37-38-40-42-44-46-48-50-52-54-56-58-64(68)63(62-73-74(70,71)72-61-60-67(3,4)5)66-65(69)59-57-55-53-51-49-47-45-43-41-39-36-29-27-25-23-21-19-17-15-13-11-9-7-2/h63-64,68H,6-62H2,1-5H3,(H-,66,69,70,71). The normalized spacial score (nSPS) is 13.7. The summed E-state index contributed by atoms with van der Waals surface area (Å²) < 4.78 is 23.5. The fourth-order valence-corrected chi connectivity index (χ4v) is 11.4. The number of amides is 1. The molecule has 2 N–H and O–H groups in total. The number of aliphatic hydroxyl groups is 1. The summed E-state index contributed by atoms with van der Waals surface area (Å²) in [7, 11) is 1.33. The molecular formula is C65H133N2O6P. The SMILES string of the molecule is CCCCCCCCCCCCCCCCCCCCCCCCCCCCCCCC(O)C(COP(=O)([O-])OCC[N+](C)(C)C)NC(=O)CCCCCCCCCCCCCCCCCCCCCCCCC. The predicted molar refractivity (Wildman–Crippen MR) is 321 cm³/mol. The first-order valence-electron chi connectivity index (χ1n) is 33.4. The fraction of sp³-hybridized carbons (Fsp3) is 0.985. The molecule has 74 heavy (non-hydrogen) atoms. The number of hydrogen-bond acceptors (Lipinski definition) is 6. The first kappa shape index (κ1) is 73.5. The van der Waals surface area contributed by atoms with Crippen molar-refractivity contribution in [1.82, 2.24) is 5.32 Å². The molecule has 0 aromatic carbocycles. The molecule has 0 aromatic rings. The Morgan fingerprint density at radius 2 is 0.662 bits per heavy atom. The van der Waals surface area contributed by atoms with Crippen molar-refractivity contribution in [2.45, 2.75) is 373 Å². The largest absolute Gasteiger partial charge is 0.756 e. The minimum atomic E-state index is -4.57. The second-order valence-corrected chi connectivity index (χ2v) is 26.0. The van der Waals surface area contributed by atoms with E-state index in [1.54, 1.807) is 0 Å². The Hall–Kier alpha value is -0.500. The fourth-order valence-electron chi connectivity index (χ4n) is 10.6. The molecule has 0 aliphatic rings. The monoisotopic (exact) mass is 1070 g/mol. The number of likely N-dealkylation sites (N-methyl/N-ethyl adjacent to an activating group) is 1. The molecule has 0 aromatic heterocycles. The van der Waals surface area contributed by atoms with Gasteiger partial charge >= 0.3 is 0 Å². The Morgan fingerprint density at radius 1 is 0.419 bits per heavy atom. The van der Waals surface area contributed by atoms with Gasteiger partial charge in [-0.15, -0.1) is 0 Å². The first-order valence-corrected chi connectivity index (χ1v) is 34.8. The van der Waals surface area contributed by atoms with Crippen molar-refractivity contribution < 1.29 is 32.9 Å². The van der Waals surface area contributed by atoms with E-state index in [0.29, 0.717) is 23.9 Å². The third-order valence-corrected chi connectivity index (χ3v) is 16.8. The van der Waals surface area contributed by atoms with E-state index in [-0.39, 0.29) is 19.1 Å². The molecule has 3 unspecified atom stereocenters. The van der Waals surface area contributed by atoms with Gasteiger partial charge in [-0.2, -0.15) is 0 Å². The van der Waals surface area contributed by atoms with E-state index in [1.807, 2.05) is 21.1 Å². The van der Waals surface area contributed by atoms with E-state index >= 15 is 0 Å². The summed E-state index contributed by atoms with van der Waals surface area (Å²) in [4.78, 5) is 25.6. The minimum Gasteiger partial charge on any atom is -0.756 e. The summed E-state index contributed by atoms with van der Waals surface area (Å²) >= 11 is 0. The number of carbonyl (C=O) groups is 1. The molecule has 0 aliphatic carbocycles. The van der Waals surface area contributed by atoms with Gasteiger partial charge < -0.3 is 28.8 Å². The molecule has 0 bridgehead atoms. The van der Waals surface area contributed by atoms with Crippen LogP contribution in [0.15, 0.2) is 0 Å². The van der Waals surface area contributed by atoms with Gasteiger partial charge in [-0.05, 0) is 12.8 Å². The van der Waals surface area contributed by atoms with Crippen LogP contribution in [0.5, 0.6) is 0 Å². The highest BCUT2D eigenvalue weighted by atomic mass is 31.2.